The van der Waals surface area contributed by atoms with Crippen LogP contribution in [0.1, 0.15) is 408 Å². The van der Waals surface area contributed by atoms with Gasteiger partial charge >= 0.3 is 11.9 Å². The van der Waals surface area contributed by atoms with E-state index in [1.807, 2.05) is 0 Å². The molecule has 0 amide bonds. The molecule has 0 aromatic carbocycles. The zero-order valence-corrected chi connectivity index (χ0v) is 69.5. The van der Waals surface area contributed by atoms with E-state index < -0.39 is 18.2 Å². The van der Waals surface area contributed by atoms with Gasteiger partial charge < -0.3 is 24.4 Å². The summed E-state index contributed by atoms with van der Waals surface area (Å²) in [4.78, 5) is 75.3. The standard InChI is InChI=1S/C88H173N5O10/c1-9-14-19-24-29-34-35-36-41-46-51-56-65-91(76-86(97)79-101-8)69-66-90(68-71-93(73-81(7)77-102-87(98)59-54-49-44-39-32-27-22-17-12-4)75-85(96)64-63-84(95)58-53-48-43-38-31-26-21-16-11-3)67-70-92(72-80(6)61-62-83(94)57-52-47-42-37-30-25-20-15-10-2)74-82(89-100)78-103-88(99)60-55-50-45-40-33-28-23-18-13-5/h80-82,85-86,96-97H,9-79H2,1-8H3. The van der Waals surface area contributed by atoms with Crippen molar-refractivity contribution in [3.8, 4) is 0 Å². The van der Waals surface area contributed by atoms with E-state index in [4.69, 9.17) is 14.2 Å². The fraction of sp³-hybridized carbons (Fsp3) is 0.955. The topological polar surface area (TPSA) is 179 Å². The van der Waals surface area contributed by atoms with Gasteiger partial charge in [-0.15, -0.1) is 0 Å². The number of aliphatic hydroxyl groups is 2. The van der Waals surface area contributed by atoms with Gasteiger partial charge in [-0.2, -0.15) is 4.91 Å². The highest BCUT2D eigenvalue weighted by Crippen LogP contribution is 2.20. The summed E-state index contributed by atoms with van der Waals surface area (Å²) in [5.41, 5.74) is 0. The lowest BCUT2D eigenvalue weighted by molar-refractivity contribution is -0.145. The van der Waals surface area contributed by atoms with E-state index in [1.54, 1.807) is 7.11 Å². The number of methoxy groups -OCH3 is 1. The first-order chi connectivity index (χ1) is 50.2. The van der Waals surface area contributed by atoms with Crippen LogP contribution in [0.3, 0.4) is 0 Å². The van der Waals surface area contributed by atoms with Gasteiger partial charge in [-0.05, 0) is 57.4 Å². The minimum absolute atomic E-state index is 0.00439. The summed E-state index contributed by atoms with van der Waals surface area (Å²) in [5, 5.41) is 26.7. The maximum absolute atomic E-state index is 13.4. The zero-order valence-electron chi connectivity index (χ0n) is 69.5. The number of carbonyl (C=O) groups is 4. The molecule has 0 rings (SSSR count). The minimum atomic E-state index is -0.760. The molecular formula is C88H173N5O10. The minimum Gasteiger partial charge on any atom is -0.465 e. The van der Waals surface area contributed by atoms with Crippen LogP contribution in [0.5, 0.6) is 0 Å². The summed E-state index contributed by atoms with van der Waals surface area (Å²) >= 11 is 0. The molecule has 0 radical (unpaired) electrons. The van der Waals surface area contributed by atoms with Crippen molar-refractivity contribution >= 4 is 23.5 Å². The van der Waals surface area contributed by atoms with E-state index in [0.29, 0.717) is 123 Å². The molecule has 0 fully saturated rings. The molecule has 0 saturated heterocycles. The van der Waals surface area contributed by atoms with Crippen LogP contribution in [-0.4, -0.2) is 177 Å². The lowest BCUT2D eigenvalue weighted by Gasteiger charge is -2.34. The summed E-state index contributed by atoms with van der Waals surface area (Å²) in [6, 6.07) is -0.760. The third-order valence-corrected chi connectivity index (χ3v) is 21.3. The summed E-state index contributed by atoms with van der Waals surface area (Å²) in [6.45, 7) is 23.3. The molecule has 0 spiro atoms. The van der Waals surface area contributed by atoms with Gasteiger partial charge in [0.15, 0.2) is 0 Å². The Kier molecular flexibility index (Phi) is 75.9. The highest BCUT2D eigenvalue weighted by molar-refractivity contribution is 5.78. The predicted molar refractivity (Wildman–Crippen MR) is 436 cm³/mol. The quantitative estimate of drug-likeness (QED) is 0.0334. The fourth-order valence-corrected chi connectivity index (χ4v) is 14.5. The molecule has 103 heavy (non-hydrogen) atoms. The number of unbranched alkanes of at least 4 members (excludes halogenated alkanes) is 43. The Morgan fingerprint density at radius 1 is 0.301 bits per heavy atom. The van der Waals surface area contributed by atoms with Crippen molar-refractivity contribution in [1.82, 2.24) is 19.6 Å². The molecule has 0 aliphatic rings. The van der Waals surface area contributed by atoms with Crippen LogP contribution in [0.15, 0.2) is 5.18 Å². The molecule has 0 aromatic heterocycles. The van der Waals surface area contributed by atoms with Crippen molar-refractivity contribution in [1.29, 1.82) is 0 Å². The number of Topliss-reactive ketones (excluding diaryl/α,β-unsaturated/α-hetero) is 2. The second-order valence-electron chi connectivity index (χ2n) is 32.1. The second kappa shape index (κ2) is 77.7. The van der Waals surface area contributed by atoms with Crippen molar-refractivity contribution < 1.29 is 43.6 Å². The third kappa shape index (κ3) is 71.0. The number of aliphatic hydroxyl groups excluding tert-OH is 2. The Morgan fingerprint density at radius 2 is 0.602 bits per heavy atom. The SMILES string of the molecule is CCCCCCCCCCCCCCN(CCN(CCN(CC(C)COC(=O)CCCCCCCCCCC)CC(O)CCC(=O)CCCCCCCCCCC)CCN(CC(C)CCC(=O)CCCCCCCCCCC)CC(COC(=O)CCCCCCCCCCC)N=O)CC(O)COC. The smallest absolute Gasteiger partial charge is 0.305 e. The lowest BCUT2D eigenvalue weighted by atomic mass is 9.99. The van der Waals surface area contributed by atoms with E-state index in [1.165, 1.54) is 231 Å². The number of hydrogen-bond acceptors (Lipinski definition) is 15. The van der Waals surface area contributed by atoms with Crippen molar-refractivity contribution in [2.75, 3.05) is 105 Å². The number of hydrogen-bond donors (Lipinski definition) is 2. The van der Waals surface area contributed by atoms with Crippen LogP contribution >= 0.6 is 0 Å². The third-order valence-electron chi connectivity index (χ3n) is 21.3. The first-order valence-electron chi connectivity index (χ1n) is 44.6. The first kappa shape index (κ1) is 101. The molecule has 0 aliphatic carbocycles. The normalized spacial score (nSPS) is 13.4. The number of rotatable bonds is 85. The van der Waals surface area contributed by atoms with Gasteiger partial charge in [0.25, 0.3) is 0 Å². The highest BCUT2D eigenvalue weighted by Gasteiger charge is 2.24. The number of ether oxygens (including phenoxy) is 3. The van der Waals surface area contributed by atoms with Gasteiger partial charge in [-0.1, -0.05) is 330 Å². The molecule has 15 heteroatoms. The Bertz CT molecular complexity index is 1800. The van der Waals surface area contributed by atoms with Crippen molar-refractivity contribution in [2.45, 2.75) is 426 Å². The first-order valence-corrected chi connectivity index (χ1v) is 44.6. The Hall–Kier alpha value is -2.40. The molecule has 5 atom stereocenters. The summed E-state index contributed by atoms with van der Waals surface area (Å²) < 4.78 is 17.2. The van der Waals surface area contributed by atoms with Crippen LogP contribution < -0.4 is 0 Å². The molecule has 0 saturated carbocycles. The summed E-state index contributed by atoms with van der Waals surface area (Å²) in [6.07, 6.45) is 60.7. The molecule has 0 aliphatic heterocycles. The molecule has 0 aromatic rings. The number of nitrogens with zero attached hydrogens (tertiary/aromatic N) is 5. The van der Waals surface area contributed by atoms with Crippen molar-refractivity contribution in [3.05, 3.63) is 4.91 Å². The lowest BCUT2D eigenvalue weighted by Crippen LogP contribution is -2.47. The van der Waals surface area contributed by atoms with E-state index in [0.717, 1.165) is 96.6 Å². The van der Waals surface area contributed by atoms with E-state index in [-0.39, 0.29) is 42.8 Å². The average Bonchev–Trinajstić information content (AvgIpc) is 1.20. The van der Waals surface area contributed by atoms with Gasteiger partial charge in [0, 0.05) is 124 Å². The molecule has 610 valence electrons. The molecule has 5 unspecified atom stereocenters. The van der Waals surface area contributed by atoms with Gasteiger partial charge in [0.2, 0.25) is 0 Å². The van der Waals surface area contributed by atoms with Crippen molar-refractivity contribution in [2.24, 2.45) is 17.0 Å². The van der Waals surface area contributed by atoms with Crippen LogP contribution in [0.4, 0.5) is 0 Å². The molecule has 15 nitrogen and oxygen atoms in total. The zero-order chi connectivity index (χ0) is 75.5. The van der Waals surface area contributed by atoms with Crippen molar-refractivity contribution in [3.63, 3.8) is 0 Å². The summed E-state index contributed by atoms with van der Waals surface area (Å²) in [5.74, 6) is 0.253. The van der Waals surface area contributed by atoms with E-state index >= 15 is 0 Å². The average molecular weight is 1460 g/mol. The van der Waals surface area contributed by atoms with Crippen LogP contribution in [0.2, 0.25) is 0 Å². The number of esters is 2. The number of ketones is 2. The largest absolute Gasteiger partial charge is 0.465 e. The monoisotopic (exact) mass is 1460 g/mol. The number of carbonyl (C=O) groups excluding carboxylic acids is 4. The van der Waals surface area contributed by atoms with Gasteiger partial charge in [-0.3, -0.25) is 38.8 Å². The molecule has 2 N–H and O–H groups in total. The Morgan fingerprint density at radius 3 is 0.981 bits per heavy atom. The van der Waals surface area contributed by atoms with Gasteiger partial charge in [-0.25, -0.2) is 0 Å². The molecule has 0 bridgehead atoms. The highest BCUT2D eigenvalue weighted by atomic mass is 16.5. The van der Waals surface area contributed by atoms with Gasteiger partial charge in [0.05, 0.1) is 25.4 Å². The van der Waals surface area contributed by atoms with Crippen LogP contribution in [-0.2, 0) is 33.4 Å². The van der Waals surface area contributed by atoms with Crippen LogP contribution in [0, 0.1) is 16.7 Å². The van der Waals surface area contributed by atoms with E-state index in [2.05, 4.69) is 73.2 Å². The molecule has 0 heterocycles. The molecular weight excluding hydrogens is 1290 g/mol. The number of nitroso groups, excluding NO2 is 1. The van der Waals surface area contributed by atoms with Gasteiger partial charge in [0.1, 0.15) is 24.2 Å². The predicted octanol–water partition coefficient (Wildman–Crippen LogP) is 22.1. The maximum Gasteiger partial charge on any atom is 0.305 e. The van der Waals surface area contributed by atoms with Crippen LogP contribution in [0.25, 0.3) is 0 Å². The Labute approximate surface area is 637 Å². The maximum atomic E-state index is 13.4. The van der Waals surface area contributed by atoms with E-state index in [9.17, 15) is 34.3 Å². The fourth-order valence-electron chi connectivity index (χ4n) is 14.5. The second-order valence-corrected chi connectivity index (χ2v) is 32.1. The Balaban J connectivity index is 6.86. The summed E-state index contributed by atoms with van der Waals surface area (Å²) in [7, 11) is 1.64.